The number of halogens is 1. The lowest BCUT2D eigenvalue weighted by Gasteiger charge is -2.16. The van der Waals surface area contributed by atoms with Crippen LogP contribution in [0.25, 0.3) is 0 Å². The number of nitrogens with one attached hydrogen (secondary N) is 1. The molecule has 0 aliphatic carbocycles. The summed E-state index contributed by atoms with van der Waals surface area (Å²) in [5.74, 6) is 0.413. The van der Waals surface area contributed by atoms with Crippen LogP contribution in [-0.4, -0.2) is 71.8 Å². The van der Waals surface area contributed by atoms with E-state index in [1.54, 1.807) is 0 Å². The summed E-state index contributed by atoms with van der Waals surface area (Å²) in [5, 5.41) is 12.6. The summed E-state index contributed by atoms with van der Waals surface area (Å²) in [6.07, 6.45) is 1.06. The summed E-state index contributed by atoms with van der Waals surface area (Å²) in [5.41, 5.74) is 0. The van der Waals surface area contributed by atoms with E-state index in [0.29, 0.717) is 18.7 Å². The van der Waals surface area contributed by atoms with E-state index < -0.39 is 20.0 Å². The van der Waals surface area contributed by atoms with E-state index in [1.807, 2.05) is 0 Å². The zero-order valence-electron chi connectivity index (χ0n) is 16.0. The lowest BCUT2D eigenvalue weighted by molar-refractivity contribution is 0.305. The standard InChI is InChI=1S/C7H18N2O2S.C4H11N.C3H8ClNO2S/c1-3-9(4-2)6-5-7-12(8,10)11;1-3-5-4-2;4-2-1-3-8(5,6)7/h3-7H2,1-2H3,(H2,8,10,11);5H,3-4H2,1-2H3;1-3H2,(H2,5,6,7). The molecule has 0 aromatic heterocycles. The summed E-state index contributed by atoms with van der Waals surface area (Å²) in [7, 11) is -6.53. The van der Waals surface area contributed by atoms with E-state index in [-0.39, 0.29) is 11.5 Å². The molecular formula is C14H37ClN4O4S2. The molecule has 0 atom stereocenters. The molecule has 25 heavy (non-hydrogen) atoms. The Hall–Kier alpha value is 0.0300. The number of sulfonamides is 2. The van der Waals surface area contributed by atoms with Crippen LogP contribution in [0.15, 0.2) is 0 Å². The van der Waals surface area contributed by atoms with Gasteiger partial charge < -0.3 is 10.2 Å². The average molecular weight is 425 g/mol. The molecule has 0 aromatic carbocycles. The highest BCUT2D eigenvalue weighted by Crippen LogP contribution is 1.92. The molecule has 0 saturated carbocycles. The van der Waals surface area contributed by atoms with Crippen LogP contribution in [-0.2, 0) is 20.0 Å². The van der Waals surface area contributed by atoms with Crippen LogP contribution < -0.4 is 15.6 Å². The first-order valence-electron chi connectivity index (χ1n) is 8.47. The molecule has 0 spiro atoms. The van der Waals surface area contributed by atoms with E-state index in [9.17, 15) is 16.8 Å². The first kappa shape index (κ1) is 29.8. The van der Waals surface area contributed by atoms with Gasteiger partial charge in [0.25, 0.3) is 0 Å². The number of rotatable bonds is 11. The highest BCUT2D eigenvalue weighted by molar-refractivity contribution is 7.89. The van der Waals surface area contributed by atoms with Gasteiger partial charge in [0.1, 0.15) is 0 Å². The highest BCUT2D eigenvalue weighted by Gasteiger charge is 2.04. The average Bonchev–Trinajstić information content (AvgIpc) is 2.50. The van der Waals surface area contributed by atoms with Crippen molar-refractivity contribution < 1.29 is 16.8 Å². The molecule has 0 bridgehead atoms. The van der Waals surface area contributed by atoms with E-state index in [0.717, 1.165) is 32.7 Å². The Morgan fingerprint density at radius 1 is 0.840 bits per heavy atom. The maximum absolute atomic E-state index is 10.5. The van der Waals surface area contributed by atoms with Gasteiger partial charge in [0, 0.05) is 5.88 Å². The molecule has 8 nitrogen and oxygen atoms in total. The number of nitrogens with zero attached hydrogens (tertiary/aromatic N) is 1. The van der Waals surface area contributed by atoms with Crippen molar-refractivity contribution in [1.29, 1.82) is 0 Å². The fourth-order valence-corrected chi connectivity index (χ4v) is 2.91. The van der Waals surface area contributed by atoms with Crippen LogP contribution in [0.4, 0.5) is 0 Å². The lowest BCUT2D eigenvalue weighted by atomic mass is 10.4. The Labute approximate surface area is 159 Å². The molecule has 0 radical (unpaired) electrons. The van der Waals surface area contributed by atoms with Crippen LogP contribution >= 0.6 is 11.6 Å². The molecular weight excluding hydrogens is 388 g/mol. The minimum absolute atomic E-state index is 0.0174. The third kappa shape index (κ3) is 35.9. The minimum atomic E-state index is -3.27. The number of hydrogen-bond acceptors (Lipinski definition) is 6. The quantitative estimate of drug-likeness (QED) is 0.414. The van der Waals surface area contributed by atoms with Gasteiger partial charge in [-0.2, -0.15) is 0 Å². The van der Waals surface area contributed by atoms with E-state index in [4.69, 9.17) is 16.7 Å². The summed E-state index contributed by atoms with van der Waals surface area (Å²) in [6, 6.07) is 0. The van der Waals surface area contributed by atoms with Crippen molar-refractivity contribution in [2.24, 2.45) is 10.3 Å². The van der Waals surface area contributed by atoms with E-state index >= 15 is 0 Å². The monoisotopic (exact) mass is 424 g/mol. The van der Waals surface area contributed by atoms with Gasteiger partial charge in [0.2, 0.25) is 20.0 Å². The van der Waals surface area contributed by atoms with Crippen molar-refractivity contribution in [3.63, 3.8) is 0 Å². The second kappa shape index (κ2) is 18.8. The summed E-state index contributed by atoms with van der Waals surface area (Å²) >= 11 is 5.19. The van der Waals surface area contributed by atoms with E-state index in [1.165, 1.54) is 0 Å². The molecule has 0 aliphatic rings. The number of hydrogen-bond donors (Lipinski definition) is 3. The maximum atomic E-state index is 10.5. The molecule has 0 aromatic rings. The fraction of sp³-hybridized carbons (Fsp3) is 1.00. The Morgan fingerprint density at radius 2 is 1.24 bits per heavy atom. The summed E-state index contributed by atoms with van der Waals surface area (Å²) in [6.45, 7) is 13.2. The normalized spacial score (nSPS) is 11.4. The molecule has 5 N–H and O–H groups in total. The molecule has 156 valence electrons. The zero-order valence-corrected chi connectivity index (χ0v) is 18.4. The molecule has 0 heterocycles. The number of primary sulfonamides is 2. The van der Waals surface area contributed by atoms with Gasteiger partial charge in [-0.3, -0.25) is 0 Å². The van der Waals surface area contributed by atoms with Crippen molar-refractivity contribution in [3.8, 4) is 0 Å². The number of alkyl halides is 1. The molecule has 0 rings (SSSR count). The largest absolute Gasteiger partial charge is 0.317 e. The third-order valence-corrected chi connectivity index (χ3v) is 4.84. The molecule has 0 aliphatic heterocycles. The molecule has 0 fully saturated rings. The fourth-order valence-electron chi connectivity index (χ4n) is 1.53. The predicted octanol–water partition coefficient (Wildman–Crippen LogP) is 0.526. The number of nitrogens with two attached hydrogens (primary N) is 2. The van der Waals surface area contributed by atoms with Crippen molar-refractivity contribution in [1.82, 2.24) is 10.2 Å². The molecule has 0 saturated heterocycles. The first-order chi connectivity index (χ1) is 11.5. The smallest absolute Gasteiger partial charge is 0.209 e. The van der Waals surface area contributed by atoms with Crippen LogP contribution in [0.3, 0.4) is 0 Å². The van der Waals surface area contributed by atoms with Crippen LogP contribution in [0.1, 0.15) is 40.5 Å². The van der Waals surface area contributed by atoms with Gasteiger partial charge in [-0.05, 0) is 45.6 Å². The van der Waals surface area contributed by atoms with Gasteiger partial charge in [-0.1, -0.05) is 27.7 Å². The van der Waals surface area contributed by atoms with Crippen LogP contribution in [0, 0.1) is 0 Å². The Morgan fingerprint density at radius 3 is 1.44 bits per heavy atom. The maximum Gasteiger partial charge on any atom is 0.209 e. The van der Waals surface area contributed by atoms with Gasteiger partial charge in [0.15, 0.2) is 0 Å². The Bertz CT molecular complexity index is 467. The highest BCUT2D eigenvalue weighted by atomic mass is 35.5. The lowest BCUT2D eigenvalue weighted by Crippen LogP contribution is -2.27. The van der Waals surface area contributed by atoms with Crippen LogP contribution in [0.5, 0.6) is 0 Å². The predicted molar refractivity (Wildman–Crippen MR) is 108 cm³/mol. The Kier molecular flexibility index (Phi) is 22.4. The SMILES string of the molecule is CCN(CC)CCCS(N)(=O)=O.CCNCC.NS(=O)(=O)CCCCl. The molecule has 0 unspecified atom stereocenters. The van der Waals surface area contributed by atoms with Gasteiger partial charge >= 0.3 is 0 Å². The molecule has 0 amide bonds. The summed E-state index contributed by atoms with van der Waals surface area (Å²) < 4.78 is 41.3. The van der Waals surface area contributed by atoms with Crippen molar-refractivity contribution in [3.05, 3.63) is 0 Å². The topological polar surface area (TPSA) is 136 Å². The zero-order chi connectivity index (χ0) is 20.4. The second-order valence-corrected chi connectivity index (χ2v) is 8.96. The van der Waals surface area contributed by atoms with Gasteiger partial charge in [0.05, 0.1) is 11.5 Å². The van der Waals surface area contributed by atoms with E-state index in [2.05, 4.69) is 43.1 Å². The second-order valence-electron chi connectivity index (χ2n) is 5.11. The van der Waals surface area contributed by atoms with Crippen LogP contribution in [0.2, 0.25) is 0 Å². The minimum Gasteiger partial charge on any atom is -0.317 e. The van der Waals surface area contributed by atoms with Crippen molar-refractivity contribution in [2.45, 2.75) is 40.5 Å². The summed E-state index contributed by atoms with van der Waals surface area (Å²) in [4.78, 5) is 2.17. The van der Waals surface area contributed by atoms with Gasteiger partial charge in [-0.15, -0.1) is 11.6 Å². The first-order valence-corrected chi connectivity index (χ1v) is 12.4. The van der Waals surface area contributed by atoms with Crippen molar-refractivity contribution >= 4 is 31.6 Å². The molecule has 11 heteroatoms. The third-order valence-electron chi connectivity index (χ3n) is 2.86. The van der Waals surface area contributed by atoms with Gasteiger partial charge in [-0.25, -0.2) is 27.1 Å². The van der Waals surface area contributed by atoms with Crippen molar-refractivity contribution in [2.75, 3.05) is 50.1 Å². The Balaban J connectivity index is -0.000000321.